The number of carbonyl (C=O) groups is 2. The summed E-state index contributed by atoms with van der Waals surface area (Å²) in [4.78, 5) is 28.4. The number of benzene rings is 2. The summed E-state index contributed by atoms with van der Waals surface area (Å²) in [5, 5.41) is 3.22. The molecule has 1 fully saturated rings. The first kappa shape index (κ1) is 24.8. The highest BCUT2D eigenvalue weighted by molar-refractivity contribution is 5.88. The fourth-order valence-corrected chi connectivity index (χ4v) is 4.52. The maximum Gasteiger partial charge on any atom is 0.261 e. The number of ether oxygens (including phenoxy) is 1. The summed E-state index contributed by atoms with van der Waals surface area (Å²) in [6, 6.07) is 13.7. The predicted molar refractivity (Wildman–Crippen MR) is 132 cm³/mol. The van der Waals surface area contributed by atoms with Crippen molar-refractivity contribution in [2.24, 2.45) is 0 Å². The van der Waals surface area contributed by atoms with E-state index in [1.165, 1.54) is 6.42 Å². The molecule has 1 aliphatic carbocycles. The molecule has 1 aliphatic rings. The summed E-state index contributed by atoms with van der Waals surface area (Å²) in [5.41, 5.74) is 4.22. The number of nitrogens with zero attached hydrogens (tertiary/aromatic N) is 1. The van der Waals surface area contributed by atoms with Gasteiger partial charge in [0.15, 0.2) is 6.61 Å². The molecular formula is C28H38N2O3. The van der Waals surface area contributed by atoms with Gasteiger partial charge in [0.05, 0.1) is 0 Å². The smallest absolute Gasteiger partial charge is 0.261 e. The number of carbonyl (C=O) groups excluding carboxylic acids is 2. The molecular weight excluding hydrogens is 412 g/mol. The average Bonchev–Trinajstić information content (AvgIpc) is 2.81. The van der Waals surface area contributed by atoms with Crippen molar-refractivity contribution >= 4 is 11.8 Å². The normalized spacial score (nSPS) is 15.0. The number of hydrogen-bond acceptors (Lipinski definition) is 3. The van der Waals surface area contributed by atoms with Crippen LogP contribution in [0.15, 0.2) is 42.5 Å². The van der Waals surface area contributed by atoms with Crippen LogP contribution in [-0.2, 0) is 16.1 Å². The molecule has 0 spiro atoms. The van der Waals surface area contributed by atoms with Gasteiger partial charge in [0, 0.05) is 12.6 Å². The number of nitrogens with one attached hydrogen (secondary N) is 1. The first-order valence-electron chi connectivity index (χ1n) is 12.2. The Morgan fingerprint density at radius 1 is 1.03 bits per heavy atom. The Balaban J connectivity index is 1.79. The Kier molecular flexibility index (Phi) is 8.93. The van der Waals surface area contributed by atoms with Crippen LogP contribution in [0.2, 0.25) is 0 Å². The van der Waals surface area contributed by atoms with Gasteiger partial charge in [-0.15, -0.1) is 0 Å². The first-order valence-corrected chi connectivity index (χ1v) is 12.2. The van der Waals surface area contributed by atoms with Crippen LogP contribution in [0.25, 0.3) is 0 Å². The molecule has 0 aliphatic heterocycles. The minimum Gasteiger partial charge on any atom is -0.483 e. The molecule has 0 heterocycles. The van der Waals surface area contributed by atoms with Crippen molar-refractivity contribution in [2.45, 2.75) is 84.8 Å². The zero-order valence-electron chi connectivity index (χ0n) is 20.5. The van der Waals surface area contributed by atoms with Crippen LogP contribution >= 0.6 is 0 Å². The van der Waals surface area contributed by atoms with Gasteiger partial charge in [0.1, 0.15) is 11.8 Å². The average molecular weight is 451 g/mol. The molecule has 2 aromatic rings. The third kappa shape index (κ3) is 6.83. The molecule has 0 unspecified atom stereocenters. The molecule has 0 saturated heterocycles. The van der Waals surface area contributed by atoms with Gasteiger partial charge in [-0.25, -0.2) is 0 Å². The van der Waals surface area contributed by atoms with E-state index in [9.17, 15) is 9.59 Å². The minimum absolute atomic E-state index is 0.0573. The van der Waals surface area contributed by atoms with Crippen LogP contribution < -0.4 is 10.1 Å². The SMILES string of the molecule is CC[C@@H](C(=O)NC1CCCCC1)N(Cc1ccccc1C)C(=O)COc1cc(C)ccc1C. The van der Waals surface area contributed by atoms with Crippen molar-refractivity contribution in [3.8, 4) is 5.75 Å². The largest absolute Gasteiger partial charge is 0.483 e. The van der Waals surface area contributed by atoms with E-state index < -0.39 is 6.04 Å². The Hall–Kier alpha value is -2.82. The molecule has 1 atom stereocenters. The molecule has 0 aromatic heterocycles. The Bertz CT molecular complexity index is 950. The Morgan fingerprint density at radius 3 is 2.45 bits per heavy atom. The molecule has 0 radical (unpaired) electrons. The van der Waals surface area contributed by atoms with Crippen molar-refractivity contribution in [1.82, 2.24) is 10.2 Å². The van der Waals surface area contributed by atoms with Crippen molar-refractivity contribution in [3.63, 3.8) is 0 Å². The lowest BCUT2D eigenvalue weighted by molar-refractivity contribution is -0.143. The van der Waals surface area contributed by atoms with E-state index in [-0.39, 0.29) is 24.5 Å². The Labute approximate surface area is 198 Å². The van der Waals surface area contributed by atoms with Crippen LogP contribution in [0.1, 0.15) is 67.7 Å². The molecule has 0 bridgehead atoms. The zero-order chi connectivity index (χ0) is 23.8. The third-order valence-electron chi connectivity index (χ3n) is 6.63. The fraction of sp³-hybridized carbons (Fsp3) is 0.500. The summed E-state index contributed by atoms with van der Waals surface area (Å²) in [6.07, 6.45) is 6.12. The summed E-state index contributed by atoms with van der Waals surface area (Å²) in [5.74, 6) is 0.474. The second-order valence-electron chi connectivity index (χ2n) is 9.27. The second-order valence-corrected chi connectivity index (χ2v) is 9.27. The number of rotatable bonds is 9. The highest BCUT2D eigenvalue weighted by atomic mass is 16.5. The minimum atomic E-state index is -0.527. The van der Waals surface area contributed by atoms with Gasteiger partial charge in [0.2, 0.25) is 5.91 Å². The predicted octanol–water partition coefficient (Wildman–Crippen LogP) is 5.25. The molecule has 5 heteroatoms. The maximum absolute atomic E-state index is 13.4. The maximum atomic E-state index is 13.4. The summed E-state index contributed by atoms with van der Waals surface area (Å²) in [7, 11) is 0. The van der Waals surface area contributed by atoms with E-state index in [2.05, 4.69) is 5.32 Å². The fourth-order valence-electron chi connectivity index (χ4n) is 4.52. The van der Waals surface area contributed by atoms with E-state index in [0.29, 0.717) is 18.7 Å². The Morgan fingerprint density at radius 2 is 1.76 bits per heavy atom. The van der Waals surface area contributed by atoms with Gasteiger partial charge in [-0.05, 0) is 68.4 Å². The van der Waals surface area contributed by atoms with Gasteiger partial charge in [-0.3, -0.25) is 9.59 Å². The topological polar surface area (TPSA) is 58.6 Å². The van der Waals surface area contributed by atoms with Crippen LogP contribution in [0, 0.1) is 20.8 Å². The lowest BCUT2D eigenvalue weighted by Crippen LogP contribution is -2.52. The van der Waals surface area contributed by atoms with Gasteiger partial charge in [0.25, 0.3) is 5.91 Å². The van der Waals surface area contributed by atoms with Crippen molar-refractivity contribution in [1.29, 1.82) is 0 Å². The highest BCUT2D eigenvalue weighted by Gasteiger charge is 2.30. The van der Waals surface area contributed by atoms with E-state index >= 15 is 0 Å². The quantitative estimate of drug-likeness (QED) is 0.568. The standard InChI is InChI=1S/C28H38N2O3/c1-5-25(28(32)29-24-13-7-6-8-14-24)30(18-23-12-10-9-11-21(23)3)27(31)19-33-26-17-20(2)15-16-22(26)4/h9-12,15-17,24-25H,5-8,13-14,18-19H2,1-4H3,(H,29,32)/t25-/m0/s1. The van der Waals surface area contributed by atoms with E-state index in [1.807, 2.05) is 70.2 Å². The van der Waals surface area contributed by atoms with Crippen LogP contribution in [0.4, 0.5) is 0 Å². The molecule has 178 valence electrons. The van der Waals surface area contributed by atoms with Crippen LogP contribution in [0.5, 0.6) is 5.75 Å². The van der Waals surface area contributed by atoms with E-state index in [4.69, 9.17) is 4.74 Å². The molecule has 33 heavy (non-hydrogen) atoms. The van der Waals surface area contributed by atoms with Crippen molar-refractivity contribution in [2.75, 3.05) is 6.61 Å². The lowest BCUT2D eigenvalue weighted by Gasteiger charge is -2.33. The monoisotopic (exact) mass is 450 g/mol. The lowest BCUT2D eigenvalue weighted by atomic mass is 9.95. The molecule has 2 aromatic carbocycles. The molecule has 2 amide bonds. The first-order chi connectivity index (χ1) is 15.9. The third-order valence-corrected chi connectivity index (χ3v) is 6.63. The zero-order valence-corrected chi connectivity index (χ0v) is 20.5. The van der Waals surface area contributed by atoms with Crippen LogP contribution in [-0.4, -0.2) is 35.4 Å². The van der Waals surface area contributed by atoms with Gasteiger partial charge in [-0.2, -0.15) is 0 Å². The summed E-state index contributed by atoms with van der Waals surface area (Å²) in [6.45, 7) is 8.27. The number of aryl methyl sites for hydroxylation is 3. The van der Waals surface area contributed by atoms with E-state index in [1.54, 1.807) is 4.90 Å². The van der Waals surface area contributed by atoms with Crippen LogP contribution in [0.3, 0.4) is 0 Å². The molecule has 5 nitrogen and oxygen atoms in total. The number of amides is 2. The molecule has 3 rings (SSSR count). The van der Waals surface area contributed by atoms with Crippen molar-refractivity contribution in [3.05, 3.63) is 64.7 Å². The number of hydrogen-bond donors (Lipinski definition) is 1. The second kappa shape index (κ2) is 11.9. The summed E-state index contributed by atoms with van der Waals surface area (Å²) < 4.78 is 5.93. The van der Waals surface area contributed by atoms with Gasteiger partial charge >= 0.3 is 0 Å². The molecule has 1 N–H and O–H groups in total. The van der Waals surface area contributed by atoms with Gasteiger partial charge in [-0.1, -0.05) is 62.6 Å². The van der Waals surface area contributed by atoms with Gasteiger partial charge < -0.3 is 15.0 Å². The van der Waals surface area contributed by atoms with E-state index in [0.717, 1.165) is 47.9 Å². The van der Waals surface area contributed by atoms with Crippen molar-refractivity contribution < 1.29 is 14.3 Å². The molecule has 1 saturated carbocycles. The highest BCUT2D eigenvalue weighted by Crippen LogP contribution is 2.22. The summed E-state index contributed by atoms with van der Waals surface area (Å²) >= 11 is 0.